The molecule has 0 atom stereocenters. The van der Waals surface area contributed by atoms with E-state index in [0.29, 0.717) is 0 Å². The fourth-order valence-corrected chi connectivity index (χ4v) is 3.31. The zero-order valence-corrected chi connectivity index (χ0v) is 11.0. The van der Waals surface area contributed by atoms with Gasteiger partial charge in [-0.3, -0.25) is 0 Å². The number of hydrogen-bond donors (Lipinski definition) is 0. The lowest BCUT2D eigenvalue weighted by atomic mass is 10.0. The number of rotatable bonds is 1. The highest BCUT2D eigenvalue weighted by Crippen LogP contribution is 2.34. The maximum Gasteiger partial charge on any atom is 0.0520 e. The molecule has 1 nitrogen and oxygen atoms in total. The number of aryl methyl sites for hydroxylation is 2. The van der Waals surface area contributed by atoms with E-state index in [1.807, 2.05) is 0 Å². The smallest absolute Gasteiger partial charge is 0.0520 e. The Kier molecular flexibility index (Phi) is 2.44. The van der Waals surface area contributed by atoms with Gasteiger partial charge < -0.3 is 4.40 Å². The molecule has 0 bridgehead atoms. The summed E-state index contributed by atoms with van der Waals surface area (Å²) in [6, 6.07) is 15.2. The van der Waals surface area contributed by atoms with Gasteiger partial charge in [-0.1, -0.05) is 36.4 Å². The number of aromatic nitrogens is 1. The van der Waals surface area contributed by atoms with Crippen molar-refractivity contribution in [3.8, 4) is 11.1 Å². The molecule has 2 heterocycles. The van der Waals surface area contributed by atoms with Crippen molar-refractivity contribution in [2.45, 2.75) is 25.7 Å². The Bertz CT molecular complexity index is 722. The molecule has 1 aliphatic carbocycles. The molecular formula is C18H17N. The highest BCUT2D eigenvalue weighted by atomic mass is 14.9. The first kappa shape index (κ1) is 10.9. The third kappa shape index (κ3) is 1.69. The van der Waals surface area contributed by atoms with Crippen molar-refractivity contribution in [2.75, 3.05) is 0 Å². The number of hydrogen-bond acceptors (Lipinski definition) is 0. The monoisotopic (exact) mass is 247 g/mol. The summed E-state index contributed by atoms with van der Waals surface area (Å²) in [6.45, 7) is 0. The first-order valence-electron chi connectivity index (χ1n) is 7.10. The lowest BCUT2D eigenvalue weighted by Gasteiger charge is -2.03. The van der Waals surface area contributed by atoms with Crippen molar-refractivity contribution in [2.24, 2.45) is 0 Å². The minimum absolute atomic E-state index is 1.21. The maximum atomic E-state index is 2.32. The normalized spacial score (nSPS) is 14.5. The highest BCUT2D eigenvalue weighted by Gasteiger charge is 2.17. The van der Waals surface area contributed by atoms with Gasteiger partial charge in [0.05, 0.1) is 5.52 Å². The Hall–Kier alpha value is -2.02. The summed E-state index contributed by atoms with van der Waals surface area (Å²) in [5.41, 5.74) is 7.26. The Morgan fingerprint density at radius 1 is 0.842 bits per heavy atom. The van der Waals surface area contributed by atoms with Crippen LogP contribution in [0.3, 0.4) is 0 Å². The molecule has 1 aromatic carbocycles. The Morgan fingerprint density at radius 2 is 1.68 bits per heavy atom. The highest BCUT2D eigenvalue weighted by molar-refractivity contribution is 5.79. The van der Waals surface area contributed by atoms with Crippen LogP contribution in [0.4, 0.5) is 0 Å². The van der Waals surface area contributed by atoms with Gasteiger partial charge in [0.1, 0.15) is 0 Å². The first-order chi connectivity index (χ1) is 9.43. The average Bonchev–Trinajstić information content (AvgIpc) is 2.69. The molecule has 0 radical (unpaired) electrons. The Morgan fingerprint density at radius 3 is 2.58 bits per heavy atom. The molecule has 0 N–H and O–H groups in total. The van der Waals surface area contributed by atoms with Gasteiger partial charge in [0.2, 0.25) is 0 Å². The first-order valence-corrected chi connectivity index (χ1v) is 7.10. The SMILES string of the molecule is c1ccc(-c2cn3cccc4c3c2CCCC4)cc1. The second-order valence-electron chi connectivity index (χ2n) is 5.38. The van der Waals surface area contributed by atoms with E-state index in [9.17, 15) is 0 Å². The van der Waals surface area contributed by atoms with Crippen LogP contribution in [-0.2, 0) is 12.8 Å². The number of nitrogens with zero attached hydrogens (tertiary/aromatic N) is 1. The van der Waals surface area contributed by atoms with E-state index in [1.54, 1.807) is 5.56 Å². The fraction of sp³-hybridized carbons (Fsp3) is 0.222. The van der Waals surface area contributed by atoms with Gasteiger partial charge in [0, 0.05) is 18.0 Å². The summed E-state index contributed by atoms with van der Waals surface area (Å²) in [4.78, 5) is 0. The van der Waals surface area contributed by atoms with Crippen molar-refractivity contribution >= 4 is 5.52 Å². The van der Waals surface area contributed by atoms with E-state index in [2.05, 4.69) is 59.3 Å². The van der Waals surface area contributed by atoms with Crippen LogP contribution in [0.15, 0.2) is 54.9 Å². The third-order valence-corrected chi connectivity index (χ3v) is 4.19. The minimum Gasteiger partial charge on any atom is -0.323 e. The largest absolute Gasteiger partial charge is 0.323 e. The van der Waals surface area contributed by atoms with Gasteiger partial charge in [0.15, 0.2) is 0 Å². The molecule has 4 rings (SSSR count). The van der Waals surface area contributed by atoms with Crippen molar-refractivity contribution < 1.29 is 0 Å². The summed E-state index contributed by atoms with van der Waals surface area (Å²) in [6.07, 6.45) is 9.51. The summed E-state index contributed by atoms with van der Waals surface area (Å²) in [5, 5.41) is 0. The Balaban J connectivity index is 2.04. The summed E-state index contributed by atoms with van der Waals surface area (Å²) in [7, 11) is 0. The van der Waals surface area contributed by atoms with Crippen LogP contribution < -0.4 is 0 Å². The molecule has 94 valence electrons. The van der Waals surface area contributed by atoms with Crippen LogP contribution >= 0.6 is 0 Å². The minimum atomic E-state index is 1.21. The van der Waals surface area contributed by atoms with Crippen LogP contribution in [-0.4, -0.2) is 4.40 Å². The van der Waals surface area contributed by atoms with Crippen LogP contribution in [0.1, 0.15) is 24.0 Å². The van der Waals surface area contributed by atoms with Gasteiger partial charge in [-0.15, -0.1) is 0 Å². The predicted octanol–water partition coefficient (Wildman–Crippen LogP) is 4.49. The fourth-order valence-electron chi connectivity index (χ4n) is 3.31. The van der Waals surface area contributed by atoms with E-state index in [4.69, 9.17) is 0 Å². The van der Waals surface area contributed by atoms with E-state index in [0.717, 1.165) is 0 Å². The molecular weight excluding hydrogens is 230 g/mol. The molecule has 0 amide bonds. The van der Waals surface area contributed by atoms with Crippen LogP contribution in [0.2, 0.25) is 0 Å². The predicted molar refractivity (Wildman–Crippen MR) is 79.5 cm³/mol. The van der Waals surface area contributed by atoms with Gasteiger partial charge in [-0.2, -0.15) is 0 Å². The van der Waals surface area contributed by atoms with E-state index >= 15 is 0 Å². The molecule has 0 saturated carbocycles. The van der Waals surface area contributed by atoms with Crippen LogP contribution in [0, 0.1) is 0 Å². The lowest BCUT2D eigenvalue weighted by Crippen LogP contribution is -1.89. The van der Waals surface area contributed by atoms with Crippen molar-refractivity contribution in [3.63, 3.8) is 0 Å². The zero-order valence-electron chi connectivity index (χ0n) is 11.0. The molecule has 0 aliphatic heterocycles. The van der Waals surface area contributed by atoms with Gasteiger partial charge in [-0.05, 0) is 48.4 Å². The average molecular weight is 247 g/mol. The van der Waals surface area contributed by atoms with Crippen molar-refractivity contribution in [3.05, 3.63) is 66.0 Å². The molecule has 0 spiro atoms. The lowest BCUT2D eigenvalue weighted by molar-refractivity contribution is 0.753. The third-order valence-electron chi connectivity index (χ3n) is 4.19. The Labute approximate surface area is 113 Å². The second kappa shape index (κ2) is 4.27. The topological polar surface area (TPSA) is 4.41 Å². The number of pyridine rings is 1. The summed E-state index contributed by atoms with van der Waals surface area (Å²) in [5.74, 6) is 0. The van der Waals surface area contributed by atoms with Crippen molar-refractivity contribution in [1.29, 1.82) is 0 Å². The molecule has 0 fully saturated rings. The van der Waals surface area contributed by atoms with E-state index in [-0.39, 0.29) is 0 Å². The van der Waals surface area contributed by atoms with Crippen LogP contribution in [0.25, 0.3) is 16.6 Å². The molecule has 0 saturated heterocycles. The van der Waals surface area contributed by atoms with Crippen molar-refractivity contribution in [1.82, 2.24) is 4.40 Å². The molecule has 19 heavy (non-hydrogen) atoms. The van der Waals surface area contributed by atoms with Gasteiger partial charge in [0.25, 0.3) is 0 Å². The quantitative estimate of drug-likeness (QED) is 0.597. The molecule has 0 unspecified atom stereocenters. The molecule has 1 heteroatoms. The van der Waals surface area contributed by atoms with Gasteiger partial charge >= 0.3 is 0 Å². The standard InChI is InChI=1S/C18H17N/c1-2-7-14(8-3-1)17-13-19-12-6-10-15-9-4-5-11-16(17)18(15)19/h1-3,6-8,10,12-13H,4-5,9,11H2. The van der Waals surface area contributed by atoms with Crippen LogP contribution in [0.5, 0.6) is 0 Å². The van der Waals surface area contributed by atoms with Gasteiger partial charge in [-0.25, -0.2) is 0 Å². The van der Waals surface area contributed by atoms with E-state index < -0.39 is 0 Å². The zero-order chi connectivity index (χ0) is 12.7. The summed E-state index contributed by atoms with van der Waals surface area (Å²) < 4.78 is 2.32. The van der Waals surface area contributed by atoms with E-state index in [1.165, 1.54) is 47.9 Å². The molecule has 1 aliphatic rings. The maximum absolute atomic E-state index is 2.32. The molecule has 2 aromatic heterocycles. The second-order valence-corrected chi connectivity index (χ2v) is 5.38. The number of benzene rings is 1. The molecule has 3 aromatic rings. The summed E-state index contributed by atoms with van der Waals surface area (Å²) >= 11 is 0.